The van der Waals surface area contributed by atoms with E-state index in [2.05, 4.69) is 18.2 Å². The Labute approximate surface area is 93.4 Å². The van der Waals surface area contributed by atoms with E-state index >= 15 is 0 Å². The Hall–Kier alpha value is -1.06. The number of methoxy groups -OCH3 is 1. The van der Waals surface area contributed by atoms with Crippen LogP contribution in [0.5, 0.6) is 5.75 Å². The van der Waals surface area contributed by atoms with Crippen LogP contribution in [0, 0.1) is 6.61 Å². The zero-order valence-corrected chi connectivity index (χ0v) is 9.64. The first-order chi connectivity index (χ1) is 7.35. The van der Waals surface area contributed by atoms with E-state index in [1.807, 2.05) is 12.3 Å². The number of rotatable bonds is 4. The van der Waals surface area contributed by atoms with Crippen molar-refractivity contribution in [1.29, 1.82) is 0 Å². The fraction of sp³-hybridized carbons (Fsp3) is 0.250. The Morgan fingerprint density at radius 1 is 1.40 bits per heavy atom. The van der Waals surface area contributed by atoms with E-state index in [0.29, 0.717) is 6.61 Å². The van der Waals surface area contributed by atoms with Gasteiger partial charge in [-0.3, -0.25) is 0 Å². The topological polar surface area (TPSA) is 18.5 Å². The smallest absolute Gasteiger partial charge is 0.137 e. The van der Waals surface area contributed by atoms with Crippen LogP contribution in [0.15, 0.2) is 23.6 Å². The van der Waals surface area contributed by atoms with Crippen LogP contribution in [0.4, 0.5) is 0 Å². The molecule has 0 amide bonds. The van der Waals surface area contributed by atoms with Crippen LogP contribution in [0.1, 0.15) is 12.5 Å². The Kier molecular flexibility index (Phi) is 3.23. The van der Waals surface area contributed by atoms with Crippen molar-refractivity contribution in [2.45, 2.75) is 13.5 Å². The Morgan fingerprint density at radius 2 is 2.27 bits per heavy atom. The molecule has 0 saturated heterocycles. The van der Waals surface area contributed by atoms with Crippen LogP contribution in [-0.2, 0) is 11.3 Å². The first-order valence-corrected chi connectivity index (χ1v) is 5.66. The molecule has 0 aliphatic heterocycles. The fourth-order valence-corrected chi connectivity index (χ4v) is 2.37. The summed E-state index contributed by atoms with van der Waals surface area (Å²) in [6, 6.07) is 6.31. The third kappa shape index (κ3) is 2.13. The van der Waals surface area contributed by atoms with Crippen molar-refractivity contribution in [2.75, 3.05) is 7.11 Å². The van der Waals surface area contributed by atoms with Crippen LogP contribution in [0.2, 0.25) is 0 Å². The first kappa shape index (κ1) is 10.5. The summed E-state index contributed by atoms with van der Waals surface area (Å²) in [5.74, 6) is 0.942. The molecule has 1 radical (unpaired) electrons. The lowest BCUT2D eigenvalue weighted by Crippen LogP contribution is -1.88. The van der Waals surface area contributed by atoms with Gasteiger partial charge in [0.05, 0.1) is 20.3 Å². The summed E-state index contributed by atoms with van der Waals surface area (Å²) in [6.45, 7) is 4.20. The van der Waals surface area contributed by atoms with Crippen molar-refractivity contribution in [2.24, 2.45) is 0 Å². The quantitative estimate of drug-likeness (QED) is 0.785. The molecule has 1 aromatic heterocycles. The van der Waals surface area contributed by atoms with E-state index in [9.17, 15) is 0 Å². The van der Waals surface area contributed by atoms with Gasteiger partial charge in [0.15, 0.2) is 0 Å². The van der Waals surface area contributed by atoms with Crippen LogP contribution in [0.3, 0.4) is 0 Å². The van der Waals surface area contributed by atoms with Crippen molar-refractivity contribution in [1.82, 2.24) is 0 Å². The number of hydrogen-bond acceptors (Lipinski definition) is 3. The summed E-state index contributed by atoms with van der Waals surface area (Å²) >= 11 is 1.70. The molecule has 0 bridgehead atoms. The maximum atomic E-state index is 5.29. The Bertz CT molecular complexity index is 448. The van der Waals surface area contributed by atoms with Gasteiger partial charge in [0.25, 0.3) is 0 Å². The maximum absolute atomic E-state index is 5.29. The van der Waals surface area contributed by atoms with E-state index in [4.69, 9.17) is 9.47 Å². The highest BCUT2D eigenvalue weighted by molar-refractivity contribution is 7.17. The third-order valence-corrected chi connectivity index (χ3v) is 3.18. The minimum absolute atomic E-state index is 0.617. The zero-order valence-electron chi connectivity index (χ0n) is 8.82. The summed E-state index contributed by atoms with van der Waals surface area (Å²) in [4.78, 5) is 0. The van der Waals surface area contributed by atoms with Crippen molar-refractivity contribution in [3.8, 4) is 5.75 Å². The average Bonchev–Trinajstić information content (AvgIpc) is 2.68. The van der Waals surface area contributed by atoms with E-state index in [-0.39, 0.29) is 0 Å². The molecule has 3 heteroatoms. The van der Waals surface area contributed by atoms with Gasteiger partial charge in [-0.2, -0.15) is 0 Å². The van der Waals surface area contributed by atoms with E-state index in [1.54, 1.807) is 25.1 Å². The van der Waals surface area contributed by atoms with Gasteiger partial charge in [0, 0.05) is 15.5 Å². The molecule has 0 saturated carbocycles. The predicted molar refractivity (Wildman–Crippen MR) is 63.1 cm³/mol. The predicted octanol–water partition coefficient (Wildman–Crippen LogP) is 3.61. The largest absolute Gasteiger partial charge is 0.495 e. The molecule has 0 aliphatic rings. The van der Waals surface area contributed by atoms with Gasteiger partial charge in [-0.1, -0.05) is 6.07 Å². The van der Waals surface area contributed by atoms with Crippen molar-refractivity contribution >= 4 is 21.4 Å². The molecule has 79 valence electrons. The SMILES string of the molecule is C[CH]OCc1ccc2scc(OC)c2c1. The van der Waals surface area contributed by atoms with Gasteiger partial charge >= 0.3 is 0 Å². The van der Waals surface area contributed by atoms with Crippen LogP contribution >= 0.6 is 11.3 Å². The lowest BCUT2D eigenvalue weighted by molar-refractivity contribution is 0.191. The van der Waals surface area contributed by atoms with Crippen molar-refractivity contribution in [3.63, 3.8) is 0 Å². The summed E-state index contributed by atoms with van der Waals surface area (Å²) in [5.41, 5.74) is 1.16. The monoisotopic (exact) mass is 221 g/mol. The molecule has 1 aromatic carbocycles. The van der Waals surface area contributed by atoms with Crippen LogP contribution in [0.25, 0.3) is 10.1 Å². The minimum atomic E-state index is 0.617. The normalized spacial score (nSPS) is 10.8. The van der Waals surface area contributed by atoms with Crippen molar-refractivity contribution < 1.29 is 9.47 Å². The van der Waals surface area contributed by atoms with E-state index in [0.717, 1.165) is 11.3 Å². The summed E-state index contributed by atoms with van der Waals surface area (Å²) < 4.78 is 11.8. The number of thiophene rings is 1. The second-order valence-corrected chi connectivity index (χ2v) is 4.09. The average molecular weight is 221 g/mol. The highest BCUT2D eigenvalue weighted by Gasteiger charge is 2.04. The van der Waals surface area contributed by atoms with Gasteiger partial charge in [0.2, 0.25) is 0 Å². The fourth-order valence-electron chi connectivity index (χ4n) is 1.48. The molecular weight excluding hydrogens is 208 g/mol. The molecule has 0 aliphatic carbocycles. The summed E-state index contributed by atoms with van der Waals surface area (Å²) in [6.07, 6.45) is 0. The molecule has 15 heavy (non-hydrogen) atoms. The van der Waals surface area contributed by atoms with Gasteiger partial charge in [-0.05, 0) is 24.6 Å². The van der Waals surface area contributed by atoms with Crippen LogP contribution < -0.4 is 4.74 Å². The van der Waals surface area contributed by atoms with Gasteiger partial charge in [-0.25, -0.2) is 0 Å². The van der Waals surface area contributed by atoms with E-state index < -0.39 is 0 Å². The molecule has 2 rings (SSSR count). The van der Waals surface area contributed by atoms with Gasteiger partial charge in [0.1, 0.15) is 5.75 Å². The number of ether oxygens (including phenoxy) is 2. The molecular formula is C12H13O2S. The first-order valence-electron chi connectivity index (χ1n) is 4.78. The maximum Gasteiger partial charge on any atom is 0.137 e. The highest BCUT2D eigenvalue weighted by Crippen LogP contribution is 2.32. The number of fused-ring (bicyclic) bond motifs is 1. The highest BCUT2D eigenvalue weighted by atomic mass is 32.1. The summed E-state index contributed by atoms with van der Waals surface area (Å²) in [7, 11) is 1.70. The van der Waals surface area contributed by atoms with Crippen molar-refractivity contribution in [3.05, 3.63) is 35.7 Å². The molecule has 0 N–H and O–H groups in total. The second-order valence-electron chi connectivity index (χ2n) is 3.18. The minimum Gasteiger partial charge on any atom is -0.495 e. The third-order valence-electron chi connectivity index (χ3n) is 2.24. The van der Waals surface area contributed by atoms with E-state index in [1.165, 1.54) is 10.1 Å². The van der Waals surface area contributed by atoms with Crippen LogP contribution in [-0.4, -0.2) is 7.11 Å². The standard InChI is InChI=1S/C12H13O2S/c1-3-14-7-9-4-5-12-10(6-9)11(13-2)8-15-12/h3-6,8H,7H2,1-2H3. The molecule has 0 spiro atoms. The Balaban J connectivity index is 2.35. The molecule has 2 aromatic rings. The summed E-state index contributed by atoms with van der Waals surface area (Å²) in [5, 5.41) is 3.20. The second kappa shape index (κ2) is 4.64. The molecule has 0 fully saturated rings. The number of hydrogen-bond donors (Lipinski definition) is 0. The molecule has 0 atom stereocenters. The molecule has 2 nitrogen and oxygen atoms in total. The van der Waals surface area contributed by atoms with Gasteiger partial charge < -0.3 is 9.47 Å². The van der Waals surface area contributed by atoms with Gasteiger partial charge in [-0.15, -0.1) is 11.3 Å². The molecule has 0 unspecified atom stereocenters. The number of benzene rings is 1. The Morgan fingerprint density at radius 3 is 3.00 bits per heavy atom. The lowest BCUT2D eigenvalue weighted by atomic mass is 10.2. The zero-order chi connectivity index (χ0) is 10.7. The lowest BCUT2D eigenvalue weighted by Gasteiger charge is -2.02. The molecule has 1 heterocycles.